The zero-order chi connectivity index (χ0) is 30.6. The minimum atomic E-state index is 0.965. The van der Waals surface area contributed by atoms with Gasteiger partial charge >= 0.3 is 0 Å². The summed E-state index contributed by atoms with van der Waals surface area (Å²) < 4.78 is 0. The first-order chi connectivity index (χ1) is 21.3. The molecule has 0 aromatic heterocycles. The number of unbranched alkanes of at least 4 members (excludes halogenated alkanes) is 12. The average Bonchev–Trinajstić information content (AvgIpc) is 3.03. The molecule has 236 valence electrons. The first kappa shape index (κ1) is 36.5. The summed E-state index contributed by atoms with van der Waals surface area (Å²) in [6.45, 7) is 6.81. The van der Waals surface area contributed by atoms with Gasteiger partial charge in [-0.05, 0) is 87.5 Å². The molecule has 2 nitrogen and oxygen atoms in total. The van der Waals surface area contributed by atoms with E-state index in [-0.39, 0.29) is 0 Å². The number of allylic oxidation sites excluding steroid dienone is 4. The maximum Gasteiger partial charge on any atom is 0.0665 e. The second-order valence-electron chi connectivity index (χ2n) is 12.0. The number of aryl methyl sites for hydroxylation is 2. The number of aliphatic imine (C=N–C) groups is 2. The molecule has 0 radical (unpaired) electrons. The molecule has 2 aromatic carbocycles. The molecule has 2 heteroatoms. The molecule has 2 rings (SSSR count). The Labute approximate surface area is 265 Å². The van der Waals surface area contributed by atoms with Gasteiger partial charge in [0.15, 0.2) is 0 Å². The van der Waals surface area contributed by atoms with Crippen molar-refractivity contribution in [2.45, 2.75) is 149 Å². The van der Waals surface area contributed by atoms with Crippen LogP contribution in [0.15, 0.2) is 82.8 Å². The van der Waals surface area contributed by atoms with Gasteiger partial charge in [-0.25, -0.2) is 0 Å². The molecule has 0 heterocycles. The third-order valence-electron chi connectivity index (χ3n) is 8.08. The highest BCUT2D eigenvalue weighted by atomic mass is 14.8. The predicted molar refractivity (Wildman–Crippen MR) is 194 cm³/mol. The van der Waals surface area contributed by atoms with Gasteiger partial charge in [0.05, 0.1) is 17.1 Å². The summed E-state index contributed by atoms with van der Waals surface area (Å²) in [6, 6.07) is 17.3. The fourth-order valence-electron chi connectivity index (χ4n) is 5.36. The van der Waals surface area contributed by atoms with Gasteiger partial charge in [0.25, 0.3) is 0 Å². The first-order valence-corrected chi connectivity index (χ1v) is 17.9. The van der Waals surface area contributed by atoms with E-state index >= 15 is 0 Å². The smallest absolute Gasteiger partial charge is 0.0665 e. The van der Waals surface area contributed by atoms with E-state index < -0.39 is 0 Å². The number of nitrogens with zero attached hydrogens (tertiary/aromatic N) is 2. The molecule has 0 aliphatic heterocycles. The van der Waals surface area contributed by atoms with Crippen molar-refractivity contribution in [3.05, 3.63) is 84.0 Å². The zero-order valence-corrected chi connectivity index (χ0v) is 28.0. The fraction of sp³-hybridized carbons (Fsp3) is 0.561. The molecule has 0 aliphatic carbocycles. The second-order valence-corrected chi connectivity index (χ2v) is 12.0. The third-order valence-corrected chi connectivity index (χ3v) is 8.08. The molecule has 0 aliphatic rings. The van der Waals surface area contributed by atoms with Crippen LogP contribution in [0.2, 0.25) is 0 Å². The van der Waals surface area contributed by atoms with Crippen molar-refractivity contribution >= 4 is 23.3 Å². The van der Waals surface area contributed by atoms with E-state index in [1.165, 1.54) is 101 Å². The highest BCUT2D eigenvalue weighted by molar-refractivity contribution is 6.31. The van der Waals surface area contributed by atoms with Crippen LogP contribution >= 0.6 is 0 Å². The molecule has 0 unspecified atom stereocenters. The van der Waals surface area contributed by atoms with E-state index in [1.807, 2.05) is 6.21 Å². The van der Waals surface area contributed by atoms with Crippen LogP contribution in [0, 0.1) is 0 Å². The van der Waals surface area contributed by atoms with Gasteiger partial charge in [0, 0.05) is 6.21 Å². The Morgan fingerprint density at radius 2 is 0.977 bits per heavy atom. The Balaban J connectivity index is 2.01. The van der Waals surface area contributed by atoms with E-state index in [9.17, 15) is 0 Å². The number of hydrogen-bond donors (Lipinski definition) is 0. The molecule has 0 fully saturated rings. The van der Waals surface area contributed by atoms with Crippen LogP contribution in [0.5, 0.6) is 0 Å². The molecule has 0 spiro atoms. The standard InChI is InChI=1S/C41H62N2/c1-4-7-10-12-14-16-18-20-23-29-37-31-25-27-34-40(37)42-36-39(33-22-9-6-3)43-41-35-28-26-32-38(41)30-24-21-19-17-15-13-11-8-5-2/h18-21,25-28,31-32,34-36H,4-17,22-24,29-30,33H2,1-3H3/b20-18+,21-19+,42-36?,43-39?. The maximum absolute atomic E-state index is 5.19. The normalized spacial score (nSPS) is 12.4. The Morgan fingerprint density at radius 3 is 1.56 bits per heavy atom. The topological polar surface area (TPSA) is 24.7 Å². The number of hydrogen-bond acceptors (Lipinski definition) is 2. The second kappa shape index (κ2) is 25.7. The van der Waals surface area contributed by atoms with Crippen molar-refractivity contribution < 1.29 is 0 Å². The summed E-state index contributed by atoms with van der Waals surface area (Å²) in [7, 11) is 0. The Hall–Kier alpha value is -2.74. The maximum atomic E-state index is 5.19. The van der Waals surface area contributed by atoms with Crippen molar-refractivity contribution in [3.8, 4) is 0 Å². The van der Waals surface area contributed by atoms with Gasteiger partial charge in [-0.1, -0.05) is 146 Å². The van der Waals surface area contributed by atoms with Crippen LogP contribution in [0.1, 0.15) is 147 Å². The molecule has 0 saturated carbocycles. The van der Waals surface area contributed by atoms with Crippen molar-refractivity contribution in [1.29, 1.82) is 0 Å². The molecular formula is C41H62N2. The lowest BCUT2D eigenvalue weighted by Gasteiger charge is -2.08. The Morgan fingerprint density at radius 1 is 0.512 bits per heavy atom. The van der Waals surface area contributed by atoms with E-state index in [1.54, 1.807) is 0 Å². The molecule has 0 saturated heterocycles. The van der Waals surface area contributed by atoms with E-state index in [0.29, 0.717) is 0 Å². The van der Waals surface area contributed by atoms with Crippen molar-refractivity contribution in [2.24, 2.45) is 9.98 Å². The average molecular weight is 583 g/mol. The predicted octanol–water partition coefficient (Wildman–Crippen LogP) is 13.4. The SMILES string of the molecule is CCCCCCC/C=C/CCc1ccccc1N=CC(CCCCC)=Nc1ccccc1CC/C=C/CCCCCCC. The highest BCUT2D eigenvalue weighted by Crippen LogP contribution is 2.23. The Bertz CT molecular complexity index is 1070. The lowest BCUT2D eigenvalue weighted by atomic mass is 10.1. The van der Waals surface area contributed by atoms with Gasteiger partial charge in [-0.2, -0.15) is 0 Å². The monoisotopic (exact) mass is 582 g/mol. The van der Waals surface area contributed by atoms with Crippen molar-refractivity contribution in [1.82, 2.24) is 0 Å². The van der Waals surface area contributed by atoms with Crippen LogP contribution < -0.4 is 0 Å². The summed E-state index contributed by atoms with van der Waals surface area (Å²) in [6.07, 6.45) is 36.1. The van der Waals surface area contributed by atoms with Gasteiger partial charge in [0.2, 0.25) is 0 Å². The van der Waals surface area contributed by atoms with Crippen LogP contribution in [-0.4, -0.2) is 11.9 Å². The lowest BCUT2D eigenvalue weighted by Crippen LogP contribution is -2.01. The van der Waals surface area contributed by atoms with E-state index in [2.05, 4.69) is 93.6 Å². The van der Waals surface area contributed by atoms with Gasteiger partial charge in [-0.15, -0.1) is 0 Å². The van der Waals surface area contributed by atoms with Crippen LogP contribution in [0.3, 0.4) is 0 Å². The summed E-state index contributed by atoms with van der Waals surface area (Å²) in [5.74, 6) is 0. The zero-order valence-electron chi connectivity index (χ0n) is 28.0. The summed E-state index contributed by atoms with van der Waals surface area (Å²) in [4.78, 5) is 10.2. The van der Waals surface area contributed by atoms with Crippen molar-refractivity contribution in [2.75, 3.05) is 0 Å². The van der Waals surface area contributed by atoms with Crippen LogP contribution in [0.25, 0.3) is 0 Å². The largest absolute Gasteiger partial charge is 0.255 e. The van der Waals surface area contributed by atoms with E-state index in [0.717, 1.165) is 55.6 Å². The van der Waals surface area contributed by atoms with Crippen LogP contribution in [0.4, 0.5) is 11.4 Å². The van der Waals surface area contributed by atoms with Gasteiger partial charge < -0.3 is 0 Å². The summed E-state index contributed by atoms with van der Waals surface area (Å²) in [5, 5.41) is 0. The summed E-state index contributed by atoms with van der Waals surface area (Å²) in [5.41, 5.74) is 5.90. The molecule has 0 amide bonds. The van der Waals surface area contributed by atoms with Crippen molar-refractivity contribution in [3.63, 3.8) is 0 Å². The number of rotatable bonds is 25. The number of para-hydroxylation sites is 2. The molecule has 43 heavy (non-hydrogen) atoms. The first-order valence-electron chi connectivity index (χ1n) is 17.9. The Kier molecular flexibility index (Phi) is 21.8. The van der Waals surface area contributed by atoms with Crippen LogP contribution in [-0.2, 0) is 12.8 Å². The molecular weight excluding hydrogens is 520 g/mol. The highest BCUT2D eigenvalue weighted by Gasteiger charge is 2.05. The third kappa shape index (κ3) is 17.8. The minimum Gasteiger partial charge on any atom is -0.255 e. The van der Waals surface area contributed by atoms with E-state index in [4.69, 9.17) is 9.98 Å². The fourth-order valence-corrected chi connectivity index (χ4v) is 5.36. The number of benzene rings is 2. The summed E-state index contributed by atoms with van der Waals surface area (Å²) >= 11 is 0. The molecule has 0 N–H and O–H groups in total. The quantitative estimate of drug-likeness (QED) is 0.0632. The van der Waals surface area contributed by atoms with Gasteiger partial charge in [0.1, 0.15) is 0 Å². The van der Waals surface area contributed by atoms with Gasteiger partial charge in [-0.3, -0.25) is 9.98 Å². The lowest BCUT2D eigenvalue weighted by molar-refractivity contribution is 0.637. The minimum absolute atomic E-state index is 0.965. The molecule has 2 aromatic rings. The molecule has 0 bridgehead atoms. The molecule has 0 atom stereocenters.